The first-order valence-corrected chi connectivity index (χ1v) is 5.44. The minimum atomic E-state index is -0.484. The Bertz CT molecular complexity index is 204. The standard InChI is InChI=1S/C11H20N2O/c1-13(9-5-8-12)10-11(14)6-3-2-4-7-11/h14H,2-7,9-10H2,1H3. The maximum Gasteiger partial charge on any atom is 0.0774 e. The van der Waals surface area contributed by atoms with Crippen molar-refractivity contribution in [1.29, 1.82) is 5.26 Å². The predicted octanol–water partition coefficient (Wildman–Crippen LogP) is 1.53. The van der Waals surface area contributed by atoms with Crippen LogP contribution in [0.3, 0.4) is 0 Å². The molecule has 0 spiro atoms. The van der Waals surface area contributed by atoms with Crippen LogP contribution in [0.25, 0.3) is 0 Å². The molecule has 0 aromatic heterocycles. The van der Waals surface area contributed by atoms with Gasteiger partial charge >= 0.3 is 0 Å². The van der Waals surface area contributed by atoms with Gasteiger partial charge < -0.3 is 10.0 Å². The second-order valence-corrected chi connectivity index (χ2v) is 4.43. The molecule has 1 aliphatic carbocycles. The van der Waals surface area contributed by atoms with Gasteiger partial charge in [0, 0.05) is 19.5 Å². The van der Waals surface area contributed by atoms with Gasteiger partial charge in [0.2, 0.25) is 0 Å². The molecule has 0 heterocycles. The van der Waals surface area contributed by atoms with E-state index in [0.717, 1.165) is 32.2 Å². The van der Waals surface area contributed by atoms with Crippen molar-refractivity contribution in [1.82, 2.24) is 4.90 Å². The Morgan fingerprint density at radius 3 is 2.57 bits per heavy atom. The van der Waals surface area contributed by atoms with Crippen LogP contribution in [-0.4, -0.2) is 35.7 Å². The van der Waals surface area contributed by atoms with Crippen molar-refractivity contribution in [2.45, 2.75) is 44.1 Å². The Kier molecular flexibility index (Phi) is 4.37. The lowest BCUT2D eigenvalue weighted by molar-refractivity contribution is -0.0204. The van der Waals surface area contributed by atoms with Crippen LogP contribution < -0.4 is 0 Å². The smallest absolute Gasteiger partial charge is 0.0774 e. The second-order valence-electron chi connectivity index (χ2n) is 4.43. The van der Waals surface area contributed by atoms with Gasteiger partial charge in [-0.1, -0.05) is 19.3 Å². The molecule has 0 radical (unpaired) electrons. The minimum Gasteiger partial charge on any atom is -0.389 e. The highest BCUT2D eigenvalue weighted by molar-refractivity contribution is 4.85. The van der Waals surface area contributed by atoms with Crippen LogP contribution in [0.2, 0.25) is 0 Å². The van der Waals surface area contributed by atoms with Crippen molar-refractivity contribution in [3.8, 4) is 6.07 Å². The first kappa shape index (κ1) is 11.5. The first-order chi connectivity index (χ1) is 6.66. The Hall–Kier alpha value is -0.590. The predicted molar refractivity (Wildman–Crippen MR) is 55.8 cm³/mol. The van der Waals surface area contributed by atoms with E-state index in [1.807, 2.05) is 7.05 Å². The van der Waals surface area contributed by atoms with Gasteiger partial charge in [-0.25, -0.2) is 0 Å². The summed E-state index contributed by atoms with van der Waals surface area (Å²) in [4.78, 5) is 2.06. The summed E-state index contributed by atoms with van der Waals surface area (Å²) in [5.41, 5.74) is -0.484. The first-order valence-electron chi connectivity index (χ1n) is 5.44. The monoisotopic (exact) mass is 196 g/mol. The summed E-state index contributed by atoms with van der Waals surface area (Å²) >= 11 is 0. The Morgan fingerprint density at radius 2 is 2.00 bits per heavy atom. The molecule has 1 N–H and O–H groups in total. The maximum absolute atomic E-state index is 10.2. The van der Waals surface area contributed by atoms with E-state index in [9.17, 15) is 5.11 Å². The summed E-state index contributed by atoms with van der Waals surface area (Å²) < 4.78 is 0. The van der Waals surface area contributed by atoms with Crippen LogP contribution in [0.4, 0.5) is 0 Å². The molecule has 0 saturated heterocycles. The minimum absolute atomic E-state index is 0.484. The quantitative estimate of drug-likeness (QED) is 0.741. The van der Waals surface area contributed by atoms with Gasteiger partial charge in [0.25, 0.3) is 0 Å². The summed E-state index contributed by atoms with van der Waals surface area (Å²) in [5.74, 6) is 0. The van der Waals surface area contributed by atoms with Gasteiger partial charge in [-0.3, -0.25) is 0 Å². The zero-order valence-electron chi connectivity index (χ0n) is 9.00. The van der Waals surface area contributed by atoms with Crippen LogP contribution in [0.1, 0.15) is 38.5 Å². The average Bonchev–Trinajstić information content (AvgIpc) is 2.15. The van der Waals surface area contributed by atoms with E-state index in [2.05, 4.69) is 11.0 Å². The molecule has 0 aromatic rings. The lowest BCUT2D eigenvalue weighted by Crippen LogP contribution is -2.43. The van der Waals surface area contributed by atoms with Crippen LogP contribution in [0.15, 0.2) is 0 Å². The molecule has 1 rings (SSSR count). The van der Waals surface area contributed by atoms with Crippen LogP contribution in [0, 0.1) is 11.3 Å². The number of rotatable bonds is 4. The normalized spacial score (nSPS) is 20.7. The molecular formula is C11H20N2O. The molecule has 0 aromatic carbocycles. The fourth-order valence-electron chi connectivity index (χ4n) is 2.19. The molecule has 0 amide bonds. The largest absolute Gasteiger partial charge is 0.389 e. The van der Waals surface area contributed by atoms with Gasteiger partial charge in [-0.05, 0) is 19.9 Å². The van der Waals surface area contributed by atoms with Gasteiger partial charge in [0.1, 0.15) is 0 Å². The van der Waals surface area contributed by atoms with E-state index in [-0.39, 0.29) is 0 Å². The lowest BCUT2D eigenvalue weighted by Gasteiger charge is -2.35. The van der Waals surface area contributed by atoms with Gasteiger partial charge in [-0.2, -0.15) is 5.26 Å². The number of hydrogen-bond donors (Lipinski definition) is 1. The molecule has 1 fully saturated rings. The SMILES string of the molecule is CN(CCC#N)CC1(O)CCCCC1. The van der Waals surface area contributed by atoms with Crippen molar-refractivity contribution in [3.63, 3.8) is 0 Å². The van der Waals surface area contributed by atoms with Gasteiger partial charge in [-0.15, -0.1) is 0 Å². The second kappa shape index (κ2) is 5.33. The molecule has 0 aliphatic heterocycles. The zero-order valence-corrected chi connectivity index (χ0v) is 9.00. The number of aliphatic hydroxyl groups is 1. The van der Waals surface area contributed by atoms with Crippen molar-refractivity contribution in [2.75, 3.05) is 20.1 Å². The number of nitrogens with zero attached hydrogens (tertiary/aromatic N) is 2. The fraction of sp³-hybridized carbons (Fsp3) is 0.909. The highest BCUT2D eigenvalue weighted by atomic mass is 16.3. The zero-order chi connectivity index (χ0) is 10.4. The van der Waals surface area contributed by atoms with Gasteiger partial charge in [0.05, 0.1) is 11.7 Å². The third-order valence-corrected chi connectivity index (χ3v) is 2.95. The molecule has 1 saturated carbocycles. The van der Waals surface area contributed by atoms with Crippen molar-refractivity contribution < 1.29 is 5.11 Å². The van der Waals surface area contributed by atoms with Crippen molar-refractivity contribution >= 4 is 0 Å². The third-order valence-electron chi connectivity index (χ3n) is 2.95. The van der Waals surface area contributed by atoms with E-state index in [1.165, 1.54) is 6.42 Å². The summed E-state index contributed by atoms with van der Waals surface area (Å²) in [5, 5.41) is 18.7. The average molecular weight is 196 g/mol. The maximum atomic E-state index is 10.2. The van der Waals surface area contributed by atoms with E-state index < -0.39 is 5.60 Å². The van der Waals surface area contributed by atoms with E-state index in [4.69, 9.17) is 5.26 Å². The summed E-state index contributed by atoms with van der Waals surface area (Å²) in [7, 11) is 1.98. The third kappa shape index (κ3) is 3.65. The molecular weight excluding hydrogens is 176 g/mol. The molecule has 0 unspecified atom stereocenters. The van der Waals surface area contributed by atoms with Crippen LogP contribution >= 0.6 is 0 Å². The van der Waals surface area contributed by atoms with E-state index >= 15 is 0 Å². The number of nitriles is 1. The van der Waals surface area contributed by atoms with Crippen LogP contribution in [0.5, 0.6) is 0 Å². The Balaban J connectivity index is 2.30. The molecule has 3 nitrogen and oxygen atoms in total. The molecule has 0 atom stereocenters. The molecule has 1 aliphatic rings. The summed E-state index contributed by atoms with van der Waals surface area (Å²) in [6, 6.07) is 2.13. The highest BCUT2D eigenvalue weighted by Gasteiger charge is 2.29. The lowest BCUT2D eigenvalue weighted by atomic mass is 9.84. The Morgan fingerprint density at radius 1 is 1.36 bits per heavy atom. The van der Waals surface area contributed by atoms with Crippen molar-refractivity contribution in [3.05, 3.63) is 0 Å². The number of hydrogen-bond acceptors (Lipinski definition) is 3. The van der Waals surface area contributed by atoms with Crippen LogP contribution in [-0.2, 0) is 0 Å². The molecule has 0 bridgehead atoms. The summed E-state index contributed by atoms with van der Waals surface area (Å²) in [6.45, 7) is 1.48. The Labute approximate surface area is 86.3 Å². The van der Waals surface area contributed by atoms with E-state index in [1.54, 1.807) is 0 Å². The fourth-order valence-corrected chi connectivity index (χ4v) is 2.19. The van der Waals surface area contributed by atoms with Gasteiger partial charge in [0.15, 0.2) is 0 Å². The summed E-state index contributed by atoms with van der Waals surface area (Å²) in [6.07, 6.45) is 5.93. The molecule has 3 heteroatoms. The highest BCUT2D eigenvalue weighted by Crippen LogP contribution is 2.28. The van der Waals surface area contributed by atoms with E-state index in [0.29, 0.717) is 13.0 Å². The van der Waals surface area contributed by atoms with Crippen molar-refractivity contribution in [2.24, 2.45) is 0 Å². The molecule has 80 valence electrons. The topological polar surface area (TPSA) is 47.3 Å². The molecule has 14 heavy (non-hydrogen) atoms. The number of likely N-dealkylation sites (N-methyl/N-ethyl adjacent to an activating group) is 1.